The quantitative estimate of drug-likeness (QED) is 0.629. The van der Waals surface area contributed by atoms with Gasteiger partial charge in [0.25, 0.3) is 0 Å². The molecule has 0 saturated heterocycles. The first-order valence-electron chi connectivity index (χ1n) is 8.64. The molecule has 29 heavy (non-hydrogen) atoms. The zero-order chi connectivity index (χ0) is 21.0. The summed E-state index contributed by atoms with van der Waals surface area (Å²) in [6.07, 6.45) is 1.67. The Kier molecular flexibility index (Phi) is 6.51. The fraction of sp³-hybridized carbons (Fsp3) is 0.143. The Morgan fingerprint density at radius 1 is 1.21 bits per heavy atom. The molecule has 3 rings (SSSR count). The Balaban J connectivity index is 2.03. The van der Waals surface area contributed by atoms with E-state index >= 15 is 0 Å². The molecule has 1 heterocycles. The van der Waals surface area contributed by atoms with E-state index in [1.165, 1.54) is 13.2 Å². The fourth-order valence-electron chi connectivity index (χ4n) is 2.56. The molecule has 0 radical (unpaired) electrons. The van der Waals surface area contributed by atoms with Crippen molar-refractivity contribution in [3.05, 3.63) is 69.3 Å². The molecule has 0 spiro atoms. The van der Waals surface area contributed by atoms with Crippen molar-refractivity contribution in [1.82, 2.24) is 0 Å². The van der Waals surface area contributed by atoms with Gasteiger partial charge in [-0.15, -0.1) is 0 Å². The van der Waals surface area contributed by atoms with E-state index in [1.54, 1.807) is 49.4 Å². The van der Waals surface area contributed by atoms with Gasteiger partial charge in [0.2, 0.25) is 0 Å². The molecular weight excluding hydrogens is 414 g/mol. The average molecular weight is 432 g/mol. The van der Waals surface area contributed by atoms with Crippen molar-refractivity contribution in [3.8, 4) is 11.5 Å². The Bertz CT molecular complexity index is 1030. The number of thioether (sulfide) groups is 1. The lowest BCUT2D eigenvalue weighted by Crippen LogP contribution is -2.12. The number of benzene rings is 2. The number of nitrogens with zero attached hydrogens (tertiary/aromatic N) is 1. The molecule has 0 atom stereocenters. The number of carbonyl (C=O) groups is 1. The summed E-state index contributed by atoms with van der Waals surface area (Å²) in [5.74, 6) is -0.567. The van der Waals surface area contributed by atoms with Gasteiger partial charge >= 0.3 is 5.97 Å². The summed E-state index contributed by atoms with van der Waals surface area (Å²) in [4.78, 5) is 17.3. The summed E-state index contributed by atoms with van der Waals surface area (Å²) >= 11 is 7.05. The number of halogens is 1. The summed E-state index contributed by atoms with van der Waals surface area (Å²) in [5, 5.41) is 21.3. The topological polar surface area (TPSA) is 88.4 Å². The maximum Gasteiger partial charge on any atom is 0.344 e. The Labute approximate surface area is 177 Å². The van der Waals surface area contributed by atoms with Crippen LogP contribution in [0, 0.1) is 0 Å². The van der Waals surface area contributed by atoms with Gasteiger partial charge in [0.15, 0.2) is 11.5 Å². The molecule has 0 aliphatic carbocycles. The van der Waals surface area contributed by atoms with E-state index in [-0.39, 0.29) is 23.7 Å². The SMILES string of the molecule is CCOC(=O)C1=C(O)/C(=C\c2ccc(O)c(OC)c2)SC1=Nc1ccc(Cl)cc1. The third-order valence-corrected chi connectivity index (χ3v) is 5.20. The van der Waals surface area contributed by atoms with Crippen LogP contribution >= 0.6 is 23.4 Å². The van der Waals surface area contributed by atoms with Gasteiger partial charge in [-0.1, -0.05) is 29.4 Å². The van der Waals surface area contributed by atoms with E-state index in [2.05, 4.69) is 4.99 Å². The van der Waals surface area contributed by atoms with Gasteiger partial charge in [-0.05, 0) is 55.0 Å². The van der Waals surface area contributed by atoms with Crippen LogP contribution in [-0.4, -0.2) is 34.9 Å². The highest BCUT2D eigenvalue weighted by molar-refractivity contribution is 8.18. The number of hydrogen-bond acceptors (Lipinski definition) is 7. The molecule has 2 aromatic rings. The monoisotopic (exact) mass is 431 g/mol. The maximum atomic E-state index is 12.4. The zero-order valence-corrected chi connectivity index (χ0v) is 17.3. The highest BCUT2D eigenvalue weighted by Crippen LogP contribution is 2.41. The molecular formula is C21H18ClNO5S. The number of rotatable bonds is 5. The predicted molar refractivity (Wildman–Crippen MR) is 115 cm³/mol. The lowest BCUT2D eigenvalue weighted by atomic mass is 10.1. The third-order valence-electron chi connectivity index (χ3n) is 3.93. The average Bonchev–Trinajstić information content (AvgIpc) is 3.00. The number of aliphatic imine (C=N–C) groups is 1. The second-order valence-corrected chi connectivity index (χ2v) is 7.35. The summed E-state index contributed by atoms with van der Waals surface area (Å²) in [6.45, 7) is 1.86. The number of aliphatic hydroxyl groups is 1. The smallest absolute Gasteiger partial charge is 0.344 e. The molecule has 1 aliphatic rings. The summed E-state index contributed by atoms with van der Waals surface area (Å²) in [6, 6.07) is 11.6. The van der Waals surface area contributed by atoms with Crippen LogP contribution in [0.4, 0.5) is 5.69 Å². The second-order valence-electron chi connectivity index (χ2n) is 5.88. The number of phenolic OH excluding ortho intramolecular Hbond substituents is 1. The molecule has 0 amide bonds. The van der Waals surface area contributed by atoms with Gasteiger partial charge in [-0.25, -0.2) is 9.79 Å². The number of aromatic hydroxyl groups is 1. The van der Waals surface area contributed by atoms with Crippen LogP contribution in [-0.2, 0) is 9.53 Å². The predicted octanol–water partition coefficient (Wildman–Crippen LogP) is 5.25. The lowest BCUT2D eigenvalue weighted by Gasteiger charge is -2.04. The van der Waals surface area contributed by atoms with Crippen LogP contribution in [0.2, 0.25) is 5.02 Å². The van der Waals surface area contributed by atoms with Crippen LogP contribution in [0.25, 0.3) is 6.08 Å². The maximum absolute atomic E-state index is 12.4. The largest absolute Gasteiger partial charge is 0.506 e. The number of methoxy groups -OCH3 is 1. The fourth-order valence-corrected chi connectivity index (χ4v) is 3.72. The van der Waals surface area contributed by atoms with Gasteiger partial charge in [-0.2, -0.15) is 0 Å². The minimum absolute atomic E-state index is 0.00351. The number of aliphatic hydroxyl groups excluding tert-OH is 1. The van der Waals surface area contributed by atoms with Crippen LogP contribution in [0.3, 0.4) is 0 Å². The molecule has 2 aromatic carbocycles. The summed E-state index contributed by atoms with van der Waals surface area (Å²) in [5.41, 5.74) is 1.26. The van der Waals surface area contributed by atoms with Gasteiger partial charge < -0.3 is 19.7 Å². The van der Waals surface area contributed by atoms with Crippen molar-refractivity contribution < 1.29 is 24.5 Å². The first-order chi connectivity index (χ1) is 13.9. The third kappa shape index (κ3) is 4.75. The molecule has 0 bridgehead atoms. The van der Waals surface area contributed by atoms with Crippen molar-refractivity contribution >= 4 is 46.1 Å². The molecule has 150 valence electrons. The molecule has 2 N–H and O–H groups in total. The highest BCUT2D eigenvalue weighted by atomic mass is 35.5. The normalized spacial score (nSPS) is 16.5. The number of phenols is 1. The van der Waals surface area contributed by atoms with E-state index in [0.29, 0.717) is 32.0 Å². The molecule has 6 nitrogen and oxygen atoms in total. The van der Waals surface area contributed by atoms with Crippen LogP contribution in [0.5, 0.6) is 11.5 Å². The summed E-state index contributed by atoms with van der Waals surface area (Å²) in [7, 11) is 1.45. The lowest BCUT2D eigenvalue weighted by molar-refractivity contribution is -0.138. The molecule has 0 unspecified atom stereocenters. The molecule has 0 aromatic heterocycles. The number of carbonyl (C=O) groups excluding carboxylic acids is 1. The molecule has 1 aliphatic heterocycles. The van der Waals surface area contributed by atoms with E-state index in [4.69, 9.17) is 21.1 Å². The first-order valence-corrected chi connectivity index (χ1v) is 9.84. The zero-order valence-electron chi connectivity index (χ0n) is 15.7. The molecule has 0 fully saturated rings. The van der Waals surface area contributed by atoms with E-state index in [9.17, 15) is 15.0 Å². The van der Waals surface area contributed by atoms with Crippen molar-refractivity contribution in [2.24, 2.45) is 4.99 Å². The second kappa shape index (κ2) is 9.07. The van der Waals surface area contributed by atoms with Crippen LogP contribution < -0.4 is 4.74 Å². The Hall–Kier alpha value is -2.90. The number of ether oxygens (including phenoxy) is 2. The van der Waals surface area contributed by atoms with Crippen molar-refractivity contribution in [1.29, 1.82) is 0 Å². The van der Waals surface area contributed by atoms with E-state index in [0.717, 1.165) is 11.8 Å². The number of hydrogen-bond donors (Lipinski definition) is 2. The van der Waals surface area contributed by atoms with Crippen molar-refractivity contribution in [3.63, 3.8) is 0 Å². The van der Waals surface area contributed by atoms with Crippen molar-refractivity contribution in [2.75, 3.05) is 13.7 Å². The van der Waals surface area contributed by atoms with Gasteiger partial charge in [-0.3, -0.25) is 0 Å². The van der Waals surface area contributed by atoms with Crippen LogP contribution in [0.15, 0.2) is 63.7 Å². The number of esters is 1. The van der Waals surface area contributed by atoms with E-state index in [1.807, 2.05) is 0 Å². The van der Waals surface area contributed by atoms with Gasteiger partial charge in [0.1, 0.15) is 16.4 Å². The Morgan fingerprint density at radius 3 is 2.59 bits per heavy atom. The minimum Gasteiger partial charge on any atom is -0.506 e. The van der Waals surface area contributed by atoms with Crippen LogP contribution in [0.1, 0.15) is 12.5 Å². The minimum atomic E-state index is -0.656. The van der Waals surface area contributed by atoms with Gasteiger partial charge in [0, 0.05) is 5.02 Å². The standard InChI is InChI=1S/C21H18ClNO5S/c1-3-28-21(26)18-19(25)17(11-12-4-9-15(24)16(10-12)27-2)29-20(18)23-14-7-5-13(22)6-8-14/h4-11,24-25H,3H2,1-2H3/b17-11+,23-20?. The first kappa shape index (κ1) is 20.8. The highest BCUT2D eigenvalue weighted by Gasteiger charge is 2.33. The molecule has 8 heteroatoms. The van der Waals surface area contributed by atoms with E-state index < -0.39 is 5.97 Å². The van der Waals surface area contributed by atoms with Crippen molar-refractivity contribution in [2.45, 2.75) is 6.92 Å². The molecule has 0 saturated carbocycles. The Morgan fingerprint density at radius 2 is 1.93 bits per heavy atom. The summed E-state index contributed by atoms with van der Waals surface area (Å²) < 4.78 is 10.2. The van der Waals surface area contributed by atoms with Gasteiger partial charge in [0.05, 0.1) is 24.3 Å².